The highest BCUT2D eigenvalue weighted by molar-refractivity contribution is 7.99. The second-order valence-electron chi connectivity index (χ2n) is 8.52. The van der Waals surface area contributed by atoms with Crippen LogP contribution in [0.3, 0.4) is 0 Å². The molecule has 3 aromatic rings. The molecular weight excluding hydrogens is 448 g/mol. The predicted octanol–water partition coefficient (Wildman–Crippen LogP) is 3.45. The normalized spacial score (nSPS) is 16.8. The van der Waals surface area contributed by atoms with Crippen LogP contribution in [0.2, 0.25) is 0 Å². The number of nitrogens with zero attached hydrogens (tertiary/aromatic N) is 6. The van der Waals surface area contributed by atoms with Crippen LogP contribution in [0.5, 0.6) is 0 Å². The van der Waals surface area contributed by atoms with Crippen molar-refractivity contribution in [2.24, 2.45) is 0 Å². The van der Waals surface area contributed by atoms with Crippen molar-refractivity contribution in [3.05, 3.63) is 54.2 Å². The van der Waals surface area contributed by atoms with Crippen LogP contribution >= 0.6 is 11.8 Å². The van der Waals surface area contributed by atoms with E-state index in [0.717, 1.165) is 60.5 Å². The van der Waals surface area contributed by atoms with Gasteiger partial charge in [0.15, 0.2) is 11.0 Å². The summed E-state index contributed by atoms with van der Waals surface area (Å²) in [5.41, 5.74) is 1.88. The average molecular weight is 477 g/mol. The standard InChI is InChI=1S/C24H28N8OS/c1-17-15-21(29-28-17)25-20-16-22(31-13-11-30(2)12-14-31)27-24(26-20)34-19-8-6-18(7-9-19)32-10-4-3-5-23(32)33/h3,5-9,15-16H,4,10-14H2,1-2H3,(H2,25,26,27,28,29). The zero-order chi connectivity index (χ0) is 23.5. The van der Waals surface area contributed by atoms with Gasteiger partial charge in [0.2, 0.25) is 0 Å². The first-order chi connectivity index (χ1) is 16.5. The Bertz CT molecular complexity index is 1180. The molecule has 0 saturated carbocycles. The van der Waals surface area contributed by atoms with E-state index in [2.05, 4.69) is 32.4 Å². The molecular formula is C24H28N8OS. The van der Waals surface area contributed by atoms with Crippen LogP contribution in [-0.4, -0.2) is 70.7 Å². The molecule has 5 rings (SSSR count). The van der Waals surface area contributed by atoms with Crippen molar-refractivity contribution in [1.82, 2.24) is 25.1 Å². The maximum Gasteiger partial charge on any atom is 0.250 e. The first kappa shape index (κ1) is 22.4. The number of likely N-dealkylation sites (N-methyl/N-ethyl adjacent to an activating group) is 1. The summed E-state index contributed by atoms with van der Waals surface area (Å²) < 4.78 is 0. The van der Waals surface area contributed by atoms with Crippen LogP contribution in [0.4, 0.5) is 23.1 Å². The van der Waals surface area contributed by atoms with Gasteiger partial charge < -0.3 is 20.0 Å². The number of carbonyl (C=O) groups excluding carboxylic acids is 1. The molecule has 0 bridgehead atoms. The lowest BCUT2D eigenvalue weighted by atomic mass is 10.2. The van der Waals surface area contributed by atoms with Crippen molar-refractivity contribution in [2.45, 2.75) is 23.4 Å². The fraction of sp³-hybridized carbons (Fsp3) is 0.333. The van der Waals surface area contributed by atoms with Crippen LogP contribution in [-0.2, 0) is 4.79 Å². The molecule has 2 aromatic heterocycles. The van der Waals surface area contributed by atoms with Crippen molar-refractivity contribution in [3.63, 3.8) is 0 Å². The van der Waals surface area contributed by atoms with Crippen LogP contribution in [0.1, 0.15) is 12.1 Å². The number of amides is 1. The van der Waals surface area contributed by atoms with Gasteiger partial charge in [-0.2, -0.15) is 5.10 Å². The highest BCUT2D eigenvalue weighted by Crippen LogP contribution is 2.31. The average Bonchev–Trinajstić information content (AvgIpc) is 3.25. The number of piperazine rings is 1. The summed E-state index contributed by atoms with van der Waals surface area (Å²) in [5.74, 6) is 2.36. The largest absolute Gasteiger partial charge is 0.354 e. The van der Waals surface area contributed by atoms with Gasteiger partial charge in [-0.3, -0.25) is 9.89 Å². The first-order valence-electron chi connectivity index (χ1n) is 11.4. The molecule has 1 saturated heterocycles. The number of hydrogen-bond acceptors (Lipinski definition) is 8. The summed E-state index contributed by atoms with van der Waals surface area (Å²) in [6.07, 6.45) is 4.43. The Labute approximate surface area is 203 Å². The van der Waals surface area contributed by atoms with E-state index in [1.165, 1.54) is 11.8 Å². The van der Waals surface area contributed by atoms with Gasteiger partial charge in [-0.15, -0.1) is 0 Å². The van der Waals surface area contributed by atoms with E-state index in [9.17, 15) is 4.79 Å². The maximum absolute atomic E-state index is 12.2. The van der Waals surface area contributed by atoms with E-state index in [4.69, 9.17) is 9.97 Å². The molecule has 9 nitrogen and oxygen atoms in total. The number of carbonyl (C=O) groups is 1. The first-order valence-corrected chi connectivity index (χ1v) is 12.2. The Hall–Kier alpha value is -3.37. The Morgan fingerprint density at radius 2 is 1.79 bits per heavy atom. The van der Waals surface area contributed by atoms with Crippen molar-refractivity contribution in [2.75, 3.05) is 54.9 Å². The Balaban J connectivity index is 1.38. The zero-order valence-electron chi connectivity index (χ0n) is 19.4. The second-order valence-corrected chi connectivity index (χ2v) is 9.56. The van der Waals surface area contributed by atoms with E-state index in [1.54, 1.807) is 11.0 Å². The third-order valence-corrected chi connectivity index (χ3v) is 6.76. The van der Waals surface area contributed by atoms with Gasteiger partial charge in [-0.1, -0.05) is 6.08 Å². The maximum atomic E-state index is 12.2. The highest BCUT2D eigenvalue weighted by Gasteiger charge is 2.19. The molecule has 2 N–H and O–H groups in total. The predicted molar refractivity (Wildman–Crippen MR) is 135 cm³/mol. The SMILES string of the molecule is Cc1cc(Nc2cc(N3CCN(C)CC3)nc(Sc3ccc(N4CCC=CC4=O)cc3)n2)n[nH]1. The number of H-pyrrole nitrogens is 1. The van der Waals surface area contributed by atoms with Gasteiger partial charge in [0, 0.05) is 61.1 Å². The summed E-state index contributed by atoms with van der Waals surface area (Å²) in [6.45, 7) is 6.52. The minimum Gasteiger partial charge on any atom is -0.354 e. The fourth-order valence-electron chi connectivity index (χ4n) is 3.98. The number of rotatable bonds is 6. The molecule has 0 atom stereocenters. The van der Waals surface area contributed by atoms with Crippen molar-refractivity contribution < 1.29 is 4.79 Å². The summed E-state index contributed by atoms with van der Waals surface area (Å²) in [4.78, 5) is 29.2. The van der Waals surface area contributed by atoms with Gasteiger partial charge >= 0.3 is 0 Å². The quantitative estimate of drug-likeness (QED) is 0.523. The fourth-order valence-corrected chi connectivity index (χ4v) is 4.74. The number of aromatic amines is 1. The smallest absolute Gasteiger partial charge is 0.250 e. The van der Waals surface area contributed by atoms with E-state index < -0.39 is 0 Å². The third kappa shape index (κ3) is 5.23. The summed E-state index contributed by atoms with van der Waals surface area (Å²) >= 11 is 1.51. The number of nitrogens with one attached hydrogen (secondary N) is 2. The lowest BCUT2D eigenvalue weighted by Gasteiger charge is -2.33. The third-order valence-electron chi connectivity index (χ3n) is 5.88. The Kier molecular flexibility index (Phi) is 6.50. The van der Waals surface area contributed by atoms with Crippen LogP contribution in [0.25, 0.3) is 0 Å². The zero-order valence-corrected chi connectivity index (χ0v) is 20.2. The molecule has 0 aliphatic carbocycles. The minimum absolute atomic E-state index is 0.0270. The molecule has 0 spiro atoms. The Morgan fingerprint density at radius 1 is 1.00 bits per heavy atom. The molecule has 34 heavy (non-hydrogen) atoms. The molecule has 1 fully saturated rings. The summed E-state index contributed by atoms with van der Waals surface area (Å²) in [5, 5.41) is 11.2. The minimum atomic E-state index is 0.0270. The number of hydrogen-bond donors (Lipinski definition) is 2. The van der Waals surface area contributed by atoms with Gasteiger partial charge in [-0.25, -0.2) is 9.97 Å². The molecule has 1 amide bonds. The number of aromatic nitrogens is 4. The molecule has 0 radical (unpaired) electrons. The molecule has 0 unspecified atom stereocenters. The van der Waals surface area contributed by atoms with E-state index >= 15 is 0 Å². The highest BCUT2D eigenvalue weighted by atomic mass is 32.2. The number of anilines is 4. The number of benzene rings is 1. The monoisotopic (exact) mass is 476 g/mol. The van der Waals surface area contributed by atoms with Crippen molar-refractivity contribution >= 4 is 40.8 Å². The number of aryl methyl sites for hydroxylation is 1. The van der Waals surface area contributed by atoms with Gasteiger partial charge in [0.1, 0.15) is 11.6 Å². The van der Waals surface area contributed by atoms with Crippen molar-refractivity contribution in [1.29, 1.82) is 0 Å². The summed E-state index contributed by atoms with van der Waals surface area (Å²) in [6, 6.07) is 11.9. The lowest BCUT2D eigenvalue weighted by molar-refractivity contribution is -0.114. The van der Waals surface area contributed by atoms with Crippen LogP contribution < -0.4 is 15.1 Å². The van der Waals surface area contributed by atoms with Gasteiger partial charge in [-0.05, 0) is 62.5 Å². The van der Waals surface area contributed by atoms with E-state index in [1.807, 2.05) is 49.4 Å². The Morgan fingerprint density at radius 3 is 2.50 bits per heavy atom. The molecule has 10 heteroatoms. The summed E-state index contributed by atoms with van der Waals surface area (Å²) in [7, 11) is 2.14. The topological polar surface area (TPSA) is 93.3 Å². The van der Waals surface area contributed by atoms with Crippen molar-refractivity contribution in [3.8, 4) is 0 Å². The van der Waals surface area contributed by atoms with Crippen LogP contribution in [0, 0.1) is 6.92 Å². The molecule has 2 aliphatic rings. The molecule has 176 valence electrons. The molecule has 2 aliphatic heterocycles. The van der Waals surface area contributed by atoms with E-state index in [-0.39, 0.29) is 5.91 Å². The van der Waals surface area contributed by atoms with Gasteiger partial charge in [0.25, 0.3) is 5.91 Å². The lowest BCUT2D eigenvalue weighted by Crippen LogP contribution is -2.44. The molecule has 4 heterocycles. The van der Waals surface area contributed by atoms with Crippen LogP contribution in [0.15, 0.2) is 58.6 Å². The molecule has 1 aromatic carbocycles. The van der Waals surface area contributed by atoms with Gasteiger partial charge in [0.05, 0.1) is 0 Å². The second kappa shape index (κ2) is 9.86. The van der Waals surface area contributed by atoms with E-state index in [0.29, 0.717) is 17.5 Å².